The third-order valence-electron chi connectivity index (χ3n) is 5.86. The molecule has 1 fully saturated rings. The molecule has 180 valence electrons. The molecule has 0 aliphatic carbocycles. The van der Waals surface area contributed by atoms with Crippen LogP contribution in [0.4, 0.5) is 4.39 Å². The van der Waals surface area contributed by atoms with Gasteiger partial charge >= 0.3 is 0 Å². The molecule has 7 heteroatoms. The SMILES string of the molecule is CCCN1C(=O)C(=O)/C(=C(\O)c2ccc(F)cc2)C1c1ccc(OC)c(OCc2ccccc2)c1. The topological polar surface area (TPSA) is 76.1 Å². The first kappa shape index (κ1) is 24.0. The molecule has 3 aromatic rings. The van der Waals surface area contributed by atoms with Crippen molar-refractivity contribution in [2.24, 2.45) is 0 Å². The van der Waals surface area contributed by atoms with Crippen molar-refractivity contribution in [1.29, 1.82) is 0 Å². The molecule has 0 spiro atoms. The number of nitrogens with zero attached hydrogens (tertiary/aromatic N) is 1. The van der Waals surface area contributed by atoms with Gasteiger partial charge in [0.05, 0.1) is 18.7 Å². The van der Waals surface area contributed by atoms with Crippen molar-refractivity contribution in [2.45, 2.75) is 26.0 Å². The molecule has 0 bridgehead atoms. The van der Waals surface area contributed by atoms with E-state index in [0.29, 0.717) is 36.6 Å². The Labute approximate surface area is 203 Å². The molecule has 1 atom stereocenters. The maximum Gasteiger partial charge on any atom is 0.295 e. The number of aliphatic hydroxyl groups is 1. The highest BCUT2D eigenvalue weighted by Gasteiger charge is 2.45. The fraction of sp³-hybridized carbons (Fsp3) is 0.214. The maximum atomic E-state index is 13.4. The molecule has 0 aromatic heterocycles. The van der Waals surface area contributed by atoms with E-state index in [1.165, 1.54) is 36.3 Å². The summed E-state index contributed by atoms with van der Waals surface area (Å²) >= 11 is 0. The van der Waals surface area contributed by atoms with Crippen LogP contribution in [0.15, 0.2) is 78.4 Å². The Hall–Kier alpha value is -4.13. The van der Waals surface area contributed by atoms with Crippen LogP contribution in [0.2, 0.25) is 0 Å². The minimum Gasteiger partial charge on any atom is -0.507 e. The number of carbonyl (C=O) groups excluding carboxylic acids is 2. The van der Waals surface area contributed by atoms with Crippen LogP contribution in [0.3, 0.4) is 0 Å². The number of hydrogen-bond donors (Lipinski definition) is 1. The first-order valence-corrected chi connectivity index (χ1v) is 11.3. The zero-order valence-electron chi connectivity index (χ0n) is 19.5. The Morgan fingerprint density at radius 3 is 2.37 bits per heavy atom. The molecule has 1 aliphatic rings. The molecule has 1 aliphatic heterocycles. The van der Waals surface area contributed by atoms with Crippen LogP contribution in [0, 0.1) is 5.82 Å². The number of hydrogen-bond acceptors (Lipinski definition) is 5. The van der Waals surface area contributed by atoms with E-state index in [2.05, 4.69) is 0 Å². The number of aliphatic hydroxyl groups excluding tert-OH is 1. The van der Waals surface area contributed by atoms with Crippen LogP contribution in [-0.2, 0) is 16.2 Å². The van der Waals surface area contributed by atoms with Gasteiger partial charge in [-0.1, -0.05) is 43.3 Å². The second-order valence-corrected chi connectivity index (χ2v) is 8.18. The summed E-state index contributed by atoms with van der Waals surface area (Å²) in [6, 6.07) is 19.1. The van der Waals surface area contributed by atoms with Gasteiger partial charge in [0.2, 0.25) is 0 Å². The number of likely N-dealkylation sites (tertiary alicyclic amines) is 1. The summed E-state index contributed by atoms with van der Waals surface area (Å²) in [6.45, 7) is 2.52. The van der Waals surface area contributed by atoms with Gasteiger partial charge in [-0.2, -0.15) is 0 Å². The Balaban J connectivity index is 1.79. The highest BCUT2D eigenvalue weighted by Crippen LogP contribution is 2.42. The van der Waals surface area contributed by atoms with E-state index < -0.39 is 23.5 Å². The van der Waals surface area contributed by atoms with Crippen LogP contribution in [0.25, 0.3) is 5.76 Å². The molecule has 0 radical (unpaired) electrons. The van der Waals surface area contributed by atoms with Gasteiger partial charge in [-0.15, -0.1) is 0 Å². The second-order valence-electron chi connectivity index (χ2n) is 8.18. The van der Waals surface area contributed by atoms with Crippen LogP contribution in [0.1, 0.15) is 36.1 Å². The Kier molecular flexibility index (Phi) is 7.15. The minimum atomic E-state index is -0.829. The molecule has 1 unspecified atom stereocenters. The lowest BCUT2D eigenvalue weighted by Gasteiger charge is -2.25. The molecule has 4 rings (SSSR count). The van der Waals surface area contributed by atoms with Gasteiger partial charge in [-0.25, -0.2) is 4.39 Å². The number of benzene rings is 3. The van der Waals surface area contributed by atoms with Crippen molar-refractivity contribution in [3.63, 3.8) is 0 Å². The maximum absolute atomic E-state index is 13.4. The third kappa shape index (κ3) is 4.89. The molecule has 0 saturated carbocycles. The lowest BCUT2D eigenvalue weighted by molar-refractivity contribution is -0.139. The summed E-state index contributed by atoms with van der Waals surface area (Å²) in [4.78, 5) is 27.4. The predicted octanol–water partition coefficient (Wildman–Crippen LogP) is 5.25. The van der Waals surface area contributed by atoms with Crippen molar-refractivity contribution in [2.75, 3.05) is 13.7 Å². The third-order valence-corrected chi connectivity index (χ3v) is 5.86. The number of ether oxygens (including phenoxy) is 2. The van der Waals surface area contributed by atoms with Gasteiger partial charge in [0.15, 0.2) is 11.5 Å². The summed E-state index contributed by atoms with van der Waals surface area (Å²) < 4.78 is 24.9. The normalized spacial score (nSPS) is 17.0. The molecule has 1 saturated heterocycles. The molecule has 1 heterocycles. The lowest BCUT2D eigenvalue weighted by atomic mass is 9.95. The summed E-state index contributed by atoms with van der Waals surface area (Å²) in [5, 5.41) is 11.0. The zero-order chi connectivity index (χ0) is 24.9. The van der Waals surface area contributed by atoms with Crippen molar-refractivity contribution < 1.29 is 28.6 Å². The van der Waals surface area contributed by atoms with Gasteiger partial charge in [0, 0.05) is 12.1 Å². The quantitative estimate of drug-likeness (QED) is 0.274. The van der Waals surface area contributed by atoms with Gasteiger partial charge in [0.1, 0.15) is 18.2 Å². The largest absolute Gasteiger partial charge is 0.507 e. The van der Waals surface area contributed by atoms with Crippen molar-refractivity contribution in [3.8, 4) is 11.5 Å². The smallest absolute Gasteiger partial charge is 0.295 e. The molecule has 35 heavy (non-hydrogen) atoms. The highest BCUT2D eigenvalue weighted by atomic mass is 19.1. The first-order chi connectivity index (χ1) is 16.9. The molecule has 1 amide bonds. The van der Waals surface area contributed by atoms with Crippen LogP contribution >= 0.6 is 0 Å². The molecule has 6 nitrogen and oxygen atoms in total. The fourth-order valence-corrected chi connectivity index (χ4v) is 4.17. The van der Waals surface area contributed by atoms with E-state index >= 15 is 0 Å². The van der Waals surface area contributed by atoms with E-state index in [9.17, 15) is 19.1 Å². The Morgan fingerprint density at radius 2 is 1.71 bits per heavy atom. The predicted molar refractivity (Wildman–Crippen MR) is 129 cm³/mol. The van der Waals surface area contributed by atoms with Crippen molar-refractivity contribution >= 4 is 17.4 Å². The zero-order valence-corrected chi connectivity index (χ0v) is 19.5. The average Bonchev–Trinajstić information content (AvgIpc) is 3.13. The number of carbonyl (C=O) groups is 2. The van der Waals surface area contributed by atoms with Gasteiger partial charge in [-0.3, -0.25) is 9.59 Å². The first-order valence-electron chi connectivity index (χ1n) is 11.3. The summed E-state index contributed by atoms with van der Waals surface area (Å²) in [7, 11) is 1.53. The Morgan fingerprint density at radius 1 is 1.00 bits per heavy atom. The van der Waals surface area contributed by atoms with E-state index in [0.717, 1.165) is 5.56 Å². The van der Waals surface area contributed by atoms with Crippen LogP contribution < -0.4 is 9.47 Å². The van der Waals surface area contributed by atoms with Gasteiger partial charge < -0.3 is 19.5 Å². The number of methoxy groups -OCH3 is 1. The molecule has 1 N–H and O–H groups in total. The molecular formula is C28H26FNO5. The minimum absolute atomic E-state index is 0.0470. The average molecular weight is 476 g/mol. The van der Waals surface area contributed by atoms with Gasteiger partial charge in [0.25, 0.3) is 11.7 Å². The summed E-state index contributed by atoms with van der Waals surface area (Å²) in [5.74, 6) is -1.36. The number of Topliss-reactive ketones (excluding diaryl/α,β-unsaturated/α-hetero) is 1. The van der Waals surface area contributed by atoms with Crippen molar-refractivity contribution in [1.82, 2.24) is 4.90 Å². The summed E-state index contributed by atoms with van der Waals surface area (Å²) in [5.41, 5.74) is 1.76. The van der Waals surface area contributed by atoms with E-state index in [-0.39, 0.29) is 16.9 Å². The van der Waals surface area contributed by atoms with E-state index in [1.54, 1.807) is 18.2 Å². The monoisotopic (exact) mass is 475 g/mol. The standard InChI is InChI=1S/C28H26FNO5/c1-3-15-30-25(24(27(32)28(30)33)26(31)19-9-12-21(29)13-10-19)20-11-14-22(34-2)23(16-20)35-17-18-7-5-4-6-8-18/h4-14,16,25,31H,3,15,17H2,1-2H3/b26-24-. The number of rotatable bonds is 8. The second kappa shape index (κ2) is 10.4. The van der Waals surface area contributed by atoms with Crippen LogP contribution in [-0.4, -0.2) is 35.4 Å². The summed E-state index contributed by atoms with van der Waals surface area (Å²) in [6.07, 6.45) is 0.619. The molecule has 3 aromatic carbocycles. The lowest BCUT2D eigenvalue weighted by Crippen LogP contribution is -2.30. The Bertz CT molecular complexity index is 1250. The number of ketones is 1. The van der Waals surface area contributed by atoms with Gasteiger partial charge in [-0.05, 0) is 53.9 Å². The fourth-order valence-electron chi connectivity index (χ4n) is 4.17. The van der Waals surface area contributed by atoms with E-state index in [1.807, 2.05) is 37.3 Å². The highest BCUT2D eigenvalue weighted by molar-refractivity contribution is 6.46. The van der Waals surface area contributed by atoms with E-state index in [4.69, 9.17) is 9.47 Å². The number of halogens is 1. The number of amides is 1. The van der Waals surface area contributed by atoms with Crippen molar-refractivity contribution in [3.05, 3.63) is 101 Å². The van der Waals surface area contributed by atoms with Crippen LogP contribution in [0.5, 0.6) is 11.5 Å². The molecular weight excluding hydrogens is 449 g/mol.